The number of nitrogens with one attached hydrogen (secondary N) is 3. The van der Waals surface area contributed by atoms with Crippen molar-refractivity contribution in [2.75, 3.05) is 38.4 Å². The topological polar surface area (TPSA) is 296 Å². The van der Waals surface area contributed by atoms with Gasteiger partial charge in [0.1, 0.15) is 25.2 Å². The maximum absolute atomic E-state index is 13.2. The fraction of sp³-hybridized carbons (Fsp3) is 0.478. The molecule has 1 aromatic carbocycles. The SMILES string of the molecule is COCCOc1nc(N)c2nc(O)n(Cc3ccc(CNC(=O)/C=C(C)/C=C/C=C(\C)CC(SCC(NC(=O)CCC(N)C(=O)O)C(=O)NCC(=O)O)C4=C(C)CCCC4(C)C)cc3)c2n1. The number of hydrogen-bond donors (Lipinski definition) is 8. The normalized spacial score (nSPS) is 15.6. The van der Waals surface area contributed by atoms with Crippen molar-refractivity contribution in [3.8, 4) is 12.0 Å². The third-order valence-corrected chi connectivity index (χ3v) is 12.3. The van der Waals surface area contributed by atoms with Crippen LogP contribution in [0.1, 0.15) is 84.3 Å². The van der Waals surface area contributed by atoms with Gasteiger partial charge < -0.3 is 52.2 Å². The molecule has 4 rings (SSSR count). The number of aromatic nitrogens is 4. The molecule has 66 heavy (non-hydrogen) atoms. The molecule has 0 radical (unpaired) electrons. The highest BCUT2D eigenvalue weighted by Gasteiger charge is 2.35. The van der Waals surface area contributed by atoms with Crippen LogP contribution < -0.4 is 32.2 Å². The second-order valence-electron chi connectivity index (χ2n) is 16.9. The Morgan fingerprint density at radius 1 is 1.03 bits per heavy atom. The van der Waals surface area contributed by atoms with E-state index in [0.29, 0.717) is 18.7 Å². The number of hydrogen-bond acceptors (Lipinski definition) is 14. The lowest BCUT2D eigenvalue weighted by molar-refractivity contribution is -0.139. The minimum Gasteiger partial charge on any atom is -0.480 e. The molecule has 10 N–H and O–H groups in total. The Kier molecular flexibility index (Phi) is 19.7. The molecule has 358 valence electrons. The third kappa shape index (κ3) is 16.0. The van der Waals surface area contributed by atoms with Crippen LogP contribution in [0.25, 0.3) is 11.2 Å². The molecule has 0 aliphatic heterocycles. The van der Waals surface area contributed by atoms with Crippen LogP contribution >= 0.6 is 11.8 Å². The standard InChI is InChI=1S/C46H63N9O10S/c1-27(21-34(38-29(3)11-8-18-46(38,4)5)66-26-33(42(60)50-24-37(58)59)51-35(56)17-16-32(47)43(61)62)9-7-10-28(2)22-36(57)49-23-30-12-14-31(15-13-30)25-55-41-39(52-45(55)63)40(48)53-44(54-41)65-20-19-64-6/h7,9-10,12-15,22,32-34H,8,11,16-21,23-26,47H2,1-6H3,(H,49,57)(H,50,60)(H,51,56)(H,52,63)(H,58,59)(H,61,62)(H2,48,53,54)/b10-7+,27-9+,28-22+. The number of ether oxygens (including phenoxy) is 2. The molecule has 3 aromatic rings. The lowest BCUT2D eigenvalue weighted by atomic mass is 9.71. The van der Waals surface area contributed by atoms with Crippen molar-refractivity contribution in [2.24, 2.45) is 11.1 Å². The minimum atomic E-state index is -1.24. The van der Waals surface area contributed by atoms with E-state index >= 15 is 0 Å². The van der Waals surface area contributed by atoms with Crippen LogP contribution in [0.5, 0.6) is 12.0 Å². The first-order chi connectivity index (χ1) is 31.3. The summed E-state index contributed by atoms with van der Waals surface area (Å²) in [5.74, 6) is -3.76. The highest BCUT2D eigenvalue weighted by atomic mass is 32.2. The van der Waals surface area contributed by atoms with Gasteiger partial charge in [0.2, 0.25) is 17.7 Å². The van der Waals surface area contributed by atoms with Gasteiger partial charge in [0.05, 0.1) is 13.2 Å². The Labute approximate surface area is 388 Å². The summed E-state index contributed by atoms with van der Waals surface area (Å²) in [6, 6.07) is 4.96. The molecule has 0 bridgehead atoms. The van der Waals surface area contributed by atoms with Crippen molar-refractivity contribution in [3.05, 3.63) is 82.0 Å². The van der Waals surface area contributed by atoms with Crippen LogP contribution in [-0.4, -0.2) is 114 Å². The molecule has 3 amide bonds. The van der Waals surface area contributed by atoms with E-state index in [1.54, 1.807) is 7.11 Å². The molecule has 20 heteroatoms. The number of fused-ring (bicyclic) bond motifs is 1. The average Bonchev–Trinajstić information content (AvgIpc) is 3.56. The number of carbonyl (C=O) groups is 5. The lowest BCUT2D eigenvalue weighted by Crippen LogP contribution is -2.50. The molecule has 3 atom stereocenters. The predicted molar refractivity (Wildman–Crippen MR) is 251 cm³/mol. The number of benzene rings is 1. The largest absolute Gasteiger partial charge is 0.480 e. The fourth-order valence-corrected chi connectivity index (χ4v) is 9.26. The van der Waals surface area contributed by atoms with Gasteiger partial charge in [-0.15, -0.1) is 0 Å². The molecule has 19 nitrogen and oxygen atoms in total. The highest BCUT2D eigenvalue weighted by molar-refractivity contribution is 8.00. The van der Waals surface area contributed by atoms with Crippen molar-refractivity contribution in [3.63, 3.8) is 0 Å². The number of carbonyl (C=O) groups excluding carboxylic acids is 3. The van der Waals surface area contributed by atoms with Gasteiger partial charge in [0.25, 0.3) is 6.01 Å². The third-order valence-electron chi connectivity index (χ3n) is 10.9. The summed E-state index contributed by atoms with van der Waals surface area (Å²) in [5, 5.41) is 36.7. The minimum absolute atomic E-state index is 0.0431. The number of nitrogens with two attached hydrogens (primary N) is 2. The van der Waals surface area contributed by atoms with Gasteiger partial charge in [0.15, 0.2) is 17.0 Å². The van der Waals surface area contributed by atoms with Crippen molar-refractivity contribution in [1.82, 2.24) is 35.5 Å². The van der Waals surface area contributed by atoms with Gasteiger partial charge in [-0.25, -0.2) is 0 Å². The number of imidazole rings is 1. The zero-order valence-electron chi connectivity index (χ0n) is 38.4. The summed E-state index contributed by atoms with van der Waals surface area (Å²) in [4.78, 5) is 73.9. The number of allylic oxidation sites excluding steroid dienone is 6. The lowest BCUT2D eigenvalue weighted by Gasteiger charge is -2.39. The van der Waals surface area contributed by atoms with Gasteiger partial charge in [0, 0.05) is 37.2 Å². The molecule has 1 aliphatic rings. The molecular weight excluding hydrogens is 871 g/mol. The van der Waals surface area contributed by atoms with Gasteiger partial charge >= 0.3 is 17.9 Å². The monoisotopic (exact) mass is 933 g/mol. The number of nitrogens with zero attached hydrogens (tertiary/aromatic N) is 4. The van der Waals surface area contributed by atoms with E-state index in [-0.39, 0.29) is 78.2 Å². The summed E-state index contributed by atoms with van der Waals surface area (Å²) in [7, 11) is 1.55. The fourth-order valence-electron chi connectivity index (χ4n) is 7.54. The Bertz CT molecular complexity index is 2340. The molecular formula is C46H63N9O10S. The van der Waals surface area contributed by atoms with Crippen molar-refractivity contribution < 1.29 is 48.8 Å². The van der Waals surface area contributed by atoms with E-state index < -0.39 is 42.4 Å². The first-order valence-corrected chi connectivity index (χ1v) is 22.6. The van der Waals surface area contributed by atoms with Crippen molar-refractivity contribution >= 4 is 58.4 Å². The maximum Gasteiger partial charge on any atom is 0.322 e. The number of anilines is 1. The van der Waals surface area contributed by atoms with Crippen LogP contribution in [0, 0.1) is 5.41 Å². The maximum atomic E-state index is 13.2. The van der Waals surface area contributed by atoms with Crippen molar-refractivity contribution in [1.29, 1.82) is 0 Å². The molecule has 0 fully saturated rings. The van der Waals surface area contributed by atoms with Crippen LogP contribution in [0.15, 0.2) is 70.9 Å². The Balaban J connectivity index is 1.39. The molecule has 3 unspecified atom stereocenters. The molecule has 1 aliphatic carbocycles. The van der Waals surface area contributed by atoms with E-state index in [1.165, 1.54) is 33.6 Å². The average molecular weight is 934 g/mol. The van der Waals surface area contributed by atoms with Crippen LogP contribution in [-0.2, 0) is 41.8 Å². The van der Waals surface area contributed by atoms with Gasteiger partial charge in [-0.3, -0.25) is 28.5 Å². The quantitative estimate of drug-likeness (QED) is 0.0256. The number of nitrogen functional groups attached to an aromatic ring is 1. The Morgan fingerprint density at radius 2 is 1.74 bits per heavy atom. The highest BCUT2D eigenvalue weighted by Crippen LogP contribution is 2.46. The van der Waals surface area contributed by atoms with E-state index in [2.05, 4.69) is 51.7 Å². The summed E-state index contributed by atoms with van der Waals surface area (Å²) >= 11 is 1.50. The number of amides is 3. The second kappa shape index (κ2) is 24.9. The summed E-state index contributed by atoms with van der Waals surface area (Å²) in [6.07, 6.45) is 10.4. The van der Waals surface area contributed by atoms with Gasteiger partial charge in [-0.05, 0) is 75.0 Å². The number of rotatable bonds is 25. The summed E-state index contributed by atoms with van der Waals surface area (Å²) < 4.78 is 12.0. The van der Waals surface area contributed by atoms with E-state index in [9.17, 15) is 34.2 Å². The zero-order valence-corrected chi connectivity index (χ0v) is 39.2. The summed E-state index contributed by atoms with van der Waals surface area (Å²) in [5.41, 5.74) is 18.1. The van der Waals surface area contributed by atoms with E-state index in [0.717, 1.165) is 41.5 Å². The van der Waals surface area contributed by atoms with Crippen LogP contribution in [0.4, 0.5) is 5.82 Å². The van der Waals surface area contributed by atoms with Crippen molar-refractivity contribution in [2.45, 2.75) is 104 Å². The Hall–Kier alpha value is -6.25. The van der Waals surface area contributed by atoms with Gasteiger partial charge in [-0.2, -0.15) is 26.7 Å². The number of carboxylic acids is 2. The van der Waals surface area contributed by atoms with E-state index in [1.807, 2.05) is 56.3 Å². The molecule has 2 aromatic heterocycles. The van der Waals surface area contributed by atoms with E-state index in [4.69, 9.17) is 26.0 Å². The predicted octanol–water partition coefficient (Wildman–Crippen LogP) is 4.15. The second-order valence-corrected chi connectivity index (χ2v) is 18.1. The number of aromatic hydroxyl groups is 1. The zero-order chi connectivity index (χ0) is 48.6. The first kappa shape index (κ1) is 52.4. The van der Waals surface area contributed by atoms with Crippen LogP contribution in [0.3, 0.4) is 0 Å². The molecule has 2 heterocycles. The van der Waals surface area contributed by atoms with Crippen LogP contribution in [0.2, 0.25) is 0 Å². The number of thioether (sulfide) groups is 1. The molecule has 0 spiro atoms. The number of aliphatic carboxylic acids is 2. The van der Waals surface area contributed by atoms with Gasteiger partial charge in [-0.1, -0.05) is 73.1 Å². The first-order valence-electron chi connectivity index (χ1n) is 21.6. The smallest absolute Gasteiger partial charge is 0.322 e. The molecule has 0 saturated carbocycles. The number of carboxylic acid groups (broad SMARTS) is 2. The molecule has 0 saturated heterocycles. The summed E-state index contributed by atoms with van der Waals surface area (Å²) in [6.45, 7) is 10.8. The Morgan fingerprint density at radius 3 is 2.41 bits per heavy atom. The number of methoxy groups -OCH3 is 1.